The lowest BCUT2D eigenvalue weighted by Gasteiger charge is -2.28. The Morgan fingerprint density at radius 3 is 2.49 bits per heavy atom. The number of thiocarbonyl (C=S) groups is 1. The summed E-state index contributed by atoms with van der Waals surface area (Å²) in [6, 6.07) is 23.1. The zero-order chi connectivity index (χ0) is 26.1. The number of anilines is 1. The third kappa shape index (κ3) is 4.44. The Bertz CT molecular complexity index is 1470. The fraction of sp³-hybridized carbons (Fsp3) is 0.207. The fourth-order valence-corrected chi connectivity index (χ4v) is 5.43. The number of methoxy groups -OCH3 is 2. The van der Waals surface area contributed by atoms with Gasteiger partial charge in [0.05, 0.1) is 37.6 Å². The number of hydrogen-bond donors (Lipinski definition) is 1. The first-order valence-electron chi connectivity index (χ1n) is 11.9. The minimum atomic E-state index is -0.366. The van der Waals surface area contributed by atoms with E-state index in [1.807, 2.05) is 60.7 Å². The summed E-state index contributed by atoms with van der Waals surface area (Å²) in [5.74, 6) is 0.389. The molecule has 2 aromatic carbocycles. The Morgan fingerprint density at radius 1 is 0.973 bits per heavy atom. The molecule has 0 bridgehead atoms. The molecule has 1 aliphatic heterocycles. The van der Waals surface area contributed by atoms with Gasteiger partial charge in [-0.1, -0.05) is 18.2 Å². The van der Waals surface area contributed by atoms with Gasteiger partial charge >= 0.3 is 5.97 Å². The van der Waals surface area contributed by atoms with Crippen LogP contribution in [0.4, 0.5) is 5.69 Å². The molecule has 0 amide bonds. The zero-order valence-electron chi connectivity index (χ0n) is 21.1. The number of nitrogens with one attached hydrogen (secondary N) is 1. The Hall–Kier alpha value is -4.17. The molecular formula is C29H28N4O3S. The monoisotopic (exact) mass is 512 g/mol. The number of carbonyl (C=O) groups excluding carboxylic acids is 1. The second-order valence-electron chi connectivity index (χ2n) is 8.90. The quantitative estimate of drug-likeness (QED) is 0.272. The number of hydrogen-bond acceptors (Lipinski definition) is 5. The van der Waals surface area contributed by atoms with Gasteiger partial charge in [-0.25, -0.2) is 4.79 Å². The predicted octanol–water partition coefficient (Wildman–Crippen LogP) is 5.46. The highest BCUT2D eigenvalue weighted by atomic mass is 32.1. The van der Waals surface area contributed by atoms with Gasteiger partial charge in [-0.05, 0) is 80.2 Å². The summed E-state index contributed by atoms with van der Waals surface area (Å²) in [5, 5.41) is 4.13. The topological polar surface area (TPSA) is 68.6 Å². The second-order valence-corrected chi connectivity index (χ2v) is 9.29. The molecule has 1 N–H and O–H groups in total. The number of nitrogens with zero attached hydrogens (tertiary/aromatic N) is 3. The van der Waals surface area contributed by atoms with Crippen molar-refractivity contribution in [2.24, 2.45) is 0 Å². The van der Waals surface area contributed by atoms with Gasteiger partial charge in [0.15, 0.2) is 5.11 Å². The maximum atomic E-state index is 12.2. The van der Waals surface area contributed by atoms with Crippen molar-refractivity contribution in [2.75, 3.05) is 19.1 Å². The van der Waals surface area contributed by atoms with Crippen LogP contribution >= 0.6 is 12.2 Å². The van der Waals surface area contributed by atoms with Crippen molar-refractivity contribution >= 4 is 29.0 Å². The SMILES string of the molecule is COC(=O)c1cccc(-n2c(C)cc([C@H]3[C@H](c4ccccn4)NC(=S)N3c3cccc(OC)c3)c2C)c1. The van der Waals surface area contributed by atoms with E-state index in [9.17, 15) is 4.79 Å². The Morgan fingerprint density at radius 2 is 1.76 bits per heavy atom. The van der Waals surface area contributed by atoms with Gasteiger partial charge in [-0.3, -0.25) is 4.98 Å². The molecule has 1 fully saturated rings. The highest BCUT2D eigenvalue weighted by Crippen LogP contribution is 2.44. The highest BCUT2D eigenvalue weighted by molar-refractivity contribution is 7.80. The van der Waals surface area contributed by atoms with Crippen molar-refractivity contribution in [1.82, 2.24) is 14.9 Å². The molecule has 2 atom stereocenters. The lowest BCUT2D eigenvalue weighted by atomic mass is 9.96. The van der Waals surface area contributed by atoms with E-state index in [0.717, 1.165) is 39.8 Å². The van der Waals surface area contributed by atoms with Gasteiger partial charge in [-0.15, -0.1) is 0 Å². The van der Waals surface area contributed by atoms with Crippen LogP contribution < -0.4 is 15.0 Å². The summed E-state index contributed by atoms with van der Waals surface area (Å²) in [6.07, 6.45) is 1.80. The Labute approximate surface area is 221 Å². The van der Waals surface area contributed by atoms with Crippen molar-refractivity contribution in [3.05, 3.63) is 107 Å². The van der Waals surface area contributed by atoms with Crippen LogP contribution in [0.3, 0.4) is 0 Å². The van der Waals surface area contributed by atoms with Crippen molar-refractivity contribution in [3.63, 3.8) is 0 Å². The average Bonchev–Trinajstić information content (AvgIpc) is 3.43. The number of ether oxygens (including phenoxy) is 2. The molecule has 0 radical (unpaired) electrons. The summed E-state index contributed by atoms with van der Waals surface area (Å²) in [4.78, 5) is 19.0. The van der Waals surface area contributed by atoms with E-state index in [4.69, 9.17) is 21.7 Å². The van der Waals surface area contributed by atoms with Crippen LogP contribution in [0.2, 0.25) is 0 Å². The van der Waals surface area contributed by atoms with Crippen LogP contribution in [0.5, 0.6) is 5.75 Å². The molecule has 1 aliphatic rings. The first-order chi connectivity index (χ1) is 17.9. The molecule has 3 heterocycles. The standard InChI is InChI=1S/C29H28N4O3S/c1-18-15-24(19(2)32(18)21-10-7-9-20(16-21)28(34)36-4)27-26(25-13-5-6-14-30-25)31-29(37)33(27)22-11-8-12-23(17-22)35-3/h5-17,26-27H,1-4H3,(H,31,37)/t26-,27-/m0/s1. The van der Waals surface area contributed by atoms with E-state index >= 15 is 0 Å². The van der Waals surface area contributed by atoms with Crippen LogP contribution in [0, 0.1) is 13.8 Å². The molecule has 188 valence electrons. The molecule has 0 saturated carbocycles. The largest absolute Gasteiger partial charge is 0.497 e. The number of rotatable bonds is 6. The molecule has 2 aromatic heterocycles. The molecular weight excluding hydrogens is 484 g/mol. The molecule has 5 rings (SSSR count). The molecule has 1 saturated heterocycles. The zero-order valence-corrected chi connectivity index (χ0v) is 22.0. The number of aromatic nitrogens is 2. The molecule has 0 unspecified atom stereocenters. The number of esters is 1. The second kappa shape index (κ2) is 10.1. The highest BCUT2D eigenvalue weighted by Gasteiger charge is 2.42. The van der Waals surface area contributed by atoms with E-state index in [0.29, 0.717) is 10.7 Å². The lowest BCUT2D eigenvalue weighted by molar-refractivity contribution is 0.0600. The van der Waals surface area contributed by atoms with E-state index in [1.165, 1.54) is 7.11 Å². The molecule has 8 heteroatoms. The van der Waals surface area contributed by atoms with Gasteiger partial charge in [0.25, 0.3) is 0 Å². The summed E-state index contributed by atoms with van der Waals surface area (Å²) in [7, 11) is 3.05. The van der Waals surface area contributed by atoms with Gasteiger partial charge in [-0.2, -0.15) is 0 Å². The number of pyridine rings is 1. The van der Waals surface area contributed by atoms with Crippen LogP contribution in [0.15, 0.2) is 79.0 Å². The van der Waals surface area contributed by atoms with Crippen LogP contribution in [-0.2, 0) is 4.74 Å². The third-order valence-electron chi connectivity index (χ3n) is 6.74. The predicted molar refractivity (Wildman–Crippen MR) is 148 cm³/mol. The van der Waals surface area contributed by atoms with Crippen molar-refractivity contribution in [3.8, 4) is 11.4 Å². The van der Waals surface area contributed by atoms with Crippen LogP contribution in [0.25, 0.3) is 5.69 Å². The van der Waals surface area contributed by atoms with Gasteiger partial charge in [0.1, 0.15) is 5.75 Å². The molecule has 7 nitrogen and oxygen atoms in total. The number of carbonyl (C=O) groups is 1. The van der Waals surface area contributed by atoms with Gasteiger partial charge in [0.2, 0.25) is 0 Å². The lowest BCUT2D eigenvalue weighted by Crippen LogP contribution is -2.29. The number of aryl methyl sites for hydroxylation is 1. The first-order valence-corrected chi connectivity index (χ1v) is 12.4. The minimum Gasteiger partial charge on any atom is -0.497 e. The van der Waals surface area contributed by atoms with Crippen molar-refractivity contribution in [2.45, 2.75) is 25.9 Å². The van der Waals surface area contributed by atoms with Gasteiger partial charge < -0.3 is 24.3 Å². The first kappa shape index (κ1) is 24.5. The van der Waals surface area contributed by atoms with Crippen LogP contribution in [-0.4, -0.2) is 34.9 Å². The fourth-order valence-electron chi connectivity index (χ4n) is 5.08. The summed E-state index contributed by atoms with van der Waals surface area (Å²) in [6.45, 7) is 4.15. The smallest absolute Gasteiger partial charge is 0.337 e. The van der Waals surface area contributed by atoms with E-state index in [-0.39, 0.29) is 18.1 Å². The normalized spacial score (nSPS) is 17.0. The van der Waals surface area contributed by atoms with Gasteiger partial charge in [0, 0.05) is 35.0 Å². The maximum absolute atomic E-state index is 12.2. The third-order valence-corrected chi connectivity index (χ3v) is 7.06. The van der Waals surface area contributed by atoms with Crippen molar-refractivity contribution < 1.29 is 14.3 Å². The van der Waals surface area contributed by atoms with E-state index in [1.54, 1.807) is 19.4 Å². The van der Waals surface area contributed by atoms with Crippen LogP contribution in [0.1, 0.15) is 45.1 Å². The Kier molecular flexibility index (Phi) is 6.67. The molecule has 0 spiro atoms. The summed E-state index contributed by atoms with van der Waals surface area (Å²) >= 11 is 5.88. The minimum absolute atomic E-state index is 0.168. The maximum Gasteiger partial charge on any atom is 0.337 e. The van der Waals surface area contributed by atoms with Crippen molar-refractivity contribution in [1.29, 1.82) is 0 Å². The summed E-state index contributed by atoms with van der Waals surface area (Å²) < 4.78 is 12.6. The summed E-state index contributed by atoms with van der Waals surface area (Å²) in [5.41, 5.74) is 6.41. The number of benzene rings is 2. The average molecular weight is 513 g/mol. The van der Waals surface area contributed by atoms with E-state index < -0.39 is 0 Å². The van der Waals surface area contributed by atoms with E-state index in [2.05, 4.69) is 39.7 Å². The Balaban J connectivity index is 1.67. The molecule has 4 aromatic rings. The molecule has 0 aliphatic carbocycles. The molecule has 37 heavy (non-hydrogen) atoms.